The molecule has 0 saturated heterocycles. The van der Waals surface area contributed by atoms with Crippen molar-refractivity contribution in [2.24, 2.45) is 5.84 Å². The molecule has 0 spiro atoms. The molecule has 2 aromatic rings. The summed E-state index contributed by atoms with van der Waals surface area (Å²) in [6.07, 6.45) is 0. The van der Waals surface area contributed by atoms with Gasteiger partial charge in [-0.25, -0.2) is 0 Å². The molecule has 1 atom stereocenters. The highest BCUT2D eigenvalue weighted by molar-refractivity contribution is 5.83. The first-order valence-corrected chi connectivity index (χ1v) is 6.67. The first-order valence-electron chi connectivity index (χ1n) is 6.67. The van der Waals surface area contributed by atoms with Crippen LogP contribution in [-0.2, 0) is 4.74 Å². The maximum absolute atomic E-state index is 5.81. The van der Waals surface area contributed by atoms with E-state index in [2.05, 4.69) is 49.6 Å². The fourth-order valence-corrected chi connectivity index (χ4v) is 2.54. The van der Waals surface area contributed by atoms with Gasteiger partial charge < -0.3 is 4.74 Å². The molecule has 0 aromatic heterocycles. The summed E-state index contributed by atoms with van der Waals surface area (Å²) < 4.78 is 5.81. The van der Waals surface area contributed by atoms with Crippen LogP contribution in [0.1, 0.15) is 32.4 Å². The van der Waals surface area contributed by atoms with Crippen molar-refractivity contribution in [1.82, 2.24) is 5.43 Å². The molecule has 3 N–H and O–H groups in total. The van der Waals surface area contributed by atoms with E-state index in [9.17, 15) is 0 Å². The van der Waals surface area contributed by atoms with Gasteiger partial charge >= 0.3 is 0 Å². The summed E-state index contributed by atoms with van der Waals surface area (Å²) in [6, 6.07) is 14.7. The van der Waals surface area contributed by atoms with E-state index in [0.29, 0.717) is 6.61 Å². The number of nitrogens with one attached hydrogen (secondary N) is 1. The summed E-state index contributed by atoms with van der Waals surface area (Å²) in [5.41, 5.74) is 3.67. The Morgan fingerprint density at radius 3 is 2.47 bits per heavy atom. The van der Waals surface area contributed by atoms with Crippen LogP contribution in [0.15, 0.2) is 42.5 Å². The van der Waals surface area contributed by atoms with Crippen LogP contribution in [0.25, 0.3) is 10.8 Å². The predicted octanol–water partition coefficient (Wildman–Crippen LogP) is 3.16. The molecule has 0 saturated carbocycles. The van der Waals surface area contributed by atoms with E-state index in [1.807, 2.05) is 19.1 Å². The van der Waals surface area contributed by atoms with Gasteiger partial charge in [-0.15, -0.1) is 0 Å². The normalized spacial score (nSPS) is 13.7. The van der Waals surface area contributed by atoms with Gasteiger partial charge in [-0.1, -0.05) is 36.4 Å². The van der Waals surface area contributed by atoms with E-state index in [-0.39, 0.29) is 11.6 Å². The molecule has 0 bridgehead atoms. The Balaban J connectivity index is 2.40. The van der Waals surface area contributed by atoms with Crippen molar-refractivity contribution in [3.63, 3.8) is 0 Å². The molecule has 0 fully saturated rings. The summed E-state index contributed by atoms with van der Waals surface area (Å²) in [5.74, 6) is 5.74. The third-order valence-corrected chi connectivity index (χ3v) is 3.49. The van der Waals surface area contributed by atoms with Gasteiger partial charge in [0, 0.05) is 6.61 Å². The smallest absolute Gasteiger partial charge is 0.0833 e. The summed E-state index contributed by atoms with van der Waals surface area (Å²) >= 11 is 0. The Labute approximate surface area is 114 Å². The van der Waals surface area contributed by atoms with E-state index in [1.165, 1.54) is 10.8 Å². The van der Waals surface area contributed by atoms with Crippen LogP contribution in [0.4, 0.5) is 0 Å². The summed E-state index contributed by atoms with van der Waals surface area (Å²) in [4.78, 5) is 0. The van der Waals surface area contributed by atoms with Crippen LogP contribution >= 0.6 is 0 Å². The van der Waals surface area contributed by atoms with Crippen molar-refractivity contribution < 1.29 is 4.74 Å². The van der Waals surface area contributed by atoms with E-state index in [4.69, 9.17) is 10.6 Å². The van der Waals surface area contributed by atoms with Crippen molar-refractivity contribution in [3.05, 3.63) is 48.0 Å². The predicted molar refractivity (Wildman–Crippen MR) is 79.7 cm³/mol. The van der Waals surface area contributed by atoms with Crippen molar-refractivity contribution in [2.75, 3.05) is 6.61 Å². The van der Waals surface area contributed by atoms with Crippen LogP contribution in [-0.4, -0.2) is 12.2 Å². The fourth-order valence-electron chi connectivity index (χ4n) is 2.54. The van der Waals surface area contributed by atoms with Crippen molar-refractivity contribution in [3.8, 4) is 0 Å². The average Bonchev–Trinajstić information content (AvgIpc) is 2.39. The molecule has 0 amide bonds. The zero-order chi connectivity index (χ0) is 13.9. The second-order valence-electron chi connectivity index (χ2n) is 5.24. The summed E-state index contributed by atoms with van der Waals surface area (Å²) in [7, 11) is 0. The van der Waals surface area contributed by atoms with Crippen LogP contribution in [0.5, 0.6) is 0 Å². The molecule has 2 aromatic carbocycles. The molecular weight excluding hydrogens is 236 g/mol. The number of rotatable bonds is 5. The lowest BCUT2D eigenvalue weighted by Gasteiger charge is -2.34. The van der Waals surface area contributed by atoms with Gasteiger partial charge in [-0.05, 0) is 43.2 Å². The molecule has 0 heterocycles. The maximum Gasteiger partial charge on any atom is 0.0833 e. The van der Waals surface area contributed by atoms with E-state index < -0.39 is 0 Å². The lowest BCUT2D eigenvalue weighted by Crippen LogP contribution is -2.44. The highest BCUT2D eigenvalue weighted by Crippen LogP contribution is 2.30. The van der Waals surface area contributed by atoms with Gasteiger partial charge in [0.25, 0.3) is 0 Å². The average molecular weight is 258 g/mol. The number of fused-ring (bicyclic) bond motifs is 1. The maximum atomic E-state index is 5.81. The topological polar surface area (TPSA) is 47.3 Å². The highest BCUT2D eigenvalue weighted by atomic mass is 16.5. The Bertz CT molecular complexity index is 551. The zero-order valence-corrected chi connectivity index (χ0v) is 11.8. The minimum atomic E-state index is -0.355. The van der Waals surface area contributed by atoms with Gasteiger partial charge in [-0.3, -0.25) is 11.3 Å². The van der Waals surface area contributed by atoms with Crippen LogP contribution < -0.4 is 11.3 Å². The fraction of sp³-hybridized carbons (Fsp3) is 0.375. The quantitative estimate of drug-likeness (QED) is 0.639. The van der Waals surface area contributed by atoms with Crippen LogP contribution in [0.3, 0.4) is 0 Å². The molecule has 0 aliphatic rings. The number of benzene rings is 2. The van der Waals surface area contributed by atoms with Crippen molar-refractivity contribution in [2.45, 2.75) is 32.4 Å². The molecule has 3 nitrogen and oxygen atoms in total. The standard InChI is InChI=1S/C16H22N2O/c1-4-19-16(2,3)15(18-17)14-10-9-12-7-5-6-8-13(12)11-14/h5-11,15,18H,4,17H2,1-3H3. The van der Waals surface area contributed by atoms with Gasteiger partial charge in [0.15, 0.2) is 0 Å². The lowest BCUT2D eigenvalue weighted by atomic mass is 9.90. The van der Waals surface area contributed by atoms with Crippen molar-refractivity contribution >= 4 is 10.8 Å². The molecule has 0 aliphatic heterocycles. The summed E-state index contributed by atoms with van der Waals surface area (Å²) in [5, 5.41) is 2.45. The number of hydrazine groups is 1. The van der Waals surface area contributed by atoms with E-state index in [1.54, 1.807) is 0 Å². The van der Waals surface area contributed by atoms with Gasteiger partial charge in [0.05, 0.1) is 11.6 Å². The number of ether oxygens (including phenoxy) is 1. The number of nitrogens with two attached hydrogens (primary N) is 1. The van der Waals surface area contributed by atoms with Gasteiger partial charge in [0.2, 0.25) is 0 Å². The second kappa shape index (κ2) is 5.70. The SMILES string of the molecule is CCOC(C)(C)C(NN)c1ccc2ccccc2c1. The van der Waals surface area contributed by atoms with Crippen LogP contribution in [0.2, 0.25) is 0 Å². The largest absolute Gasteiger partial charge is 0.374 e. The molecule has 3 heteroatoms. The third-order valence-electron chi connectivity index (χ3n) is 3.49. The Morgan fingerprint density at radius 2 is 1.84 bits per heavy atom. The molecule has 102 valence electrons. The summed E-state index contributed by atoms with van der Waals surface area (Å²) in [6.45, 7) is 6.76. The second-order valence-corrected chi connectivity index (χ2v) is 5.24. The highest BCUT2D eigenvalue weighted by Gasteiger charge is 2.30. The molecule has 0 aliphatic carbocycles. The number of hydrogen-bond donors (Lipinski definition) is 2. The molecular formula is C16H22N2O. The van der Waals surface area contributed by atoms with E-state index >= 15 is 0 Å². The van der Waals surface area contributed by atoms with Crippen molar-refractivity contribution in [1.29, 1.82) is 0 Å². The Hall–Kier alpha value is -1.42. The minimum Gasteiger partial charge on any atom is -0.374 e. The third kappa shape index (κ3) is 2.95. The first-order chi connectivity index (χ1) is 9.08. The van der Waals surface area contributed by atoms with Gasteiger partial charge in [-0.2, -0.15) is 0 Å². The molecule has 2 rings (SSSR count). The van der Waals surface area contributed by atoms with Gasteiger partial charge in [0.1, 0.15) is 0 Å². The number of hydrogen-bond acceptors (Lipinski definition) is 3. The first kappa shape index (κ1) is 14.0. The monoisotopic (exact) mass is 258 g/mol. The molecule has 1 unspecified atom stereocenters. The zero-order valence-electron chi connectivity index (χ0n) is 11.8. The lowest BCUT2D eigenvalue weighted by molar-refractivity contribution is -0.0392. The van der Waals surface area contributed by atoms with Crippen LogP contribution in [0, 0.1) is 0 Å². The minimum absolute atomic E-state index is 0.0444. The Kier molecular flexibility index (Phi) is 4.20. The van der Waals surface area contributed by atoms with E-state index in [0.717, 1.165) is 5.56 Å². The molecule has 0 radical (unpaired) electrons. The Morgan fingerprint density at radius 1 is 1.16 bits per heavy atom. The molecule has 19 heavy (non-hydrogen) atoms.